The number of aromatic amines is 1. The molecule has 0 unspecified atom stereocenters. The van der Waals surface area contributed by atoms with E-state index in [0.717, 1.165) is 16.5 Å². The second kappa shape index (κ2) is 6.41. The van der Waals surface area contributed by atoms with Gasteiger partial charge in [0.1, 0.15) is 6.04 Å². The molecule has 5 N–H and O–H groups in total. The van der Waals surface area contributed by atoms with E-state index in [1.54, 1.807) is 0 Å². The minimum Gasteiger partial charge on any atom is -0.544 e. The van der Waals surface area contributed by atoms with Gasteiger partial charge in [-0.1, -0.05) is 18.2 Å². The summed E-state index contributed by atoms with van der Waals surface area (Å²) in [5, 5.41) is 18.5. The number of fused-ring (bicyclic) bond motifs is 1. The normalized spacial score (nSPS) is 11.4. The third-order valence-electron chi connectivity index (χ3n) is 2.47. The summed E-state index contributed by atoms with van der Waals surface area (Å²) in [7, 11) is 0. The molecule has 1 aromatic carbocycles. The topological polar surface area (TPSA) is 121 Å². The third kappa shape index (κ3) is 3.33. The summed E-state index contributed by atoms with van der Waals surface area (Å²) < 4.78 is 0. The number of quaternary nitrogens is 1. The van der Waals surface area contributed by atoms with Crippen LogP contribution < -0.4 is 10.8 Å². The van der Waals surface area contributed by atoms with Gasteiger partial charge in [-0.25, -0.2) is 0 Å². The first kappa shape index (κ1) is 13.7. The molecular formula is C12H14N2O4. The summed E-state index contributed by atoms with van der Waals surface area (Å²) in [4.78, 5) is 22.0. The predicted octanol–water partition coefficient (Wildman–Crippen LogP) is -1.23. The summed E-state index contributed by atoms with van der Waals surface area (Å²) >= 11 is 0. The zero-order valence-electron chi connectivity index (χ0n) is 9.63. The van der Waals surface area contributed by atoms with Crippen molar-refractivity contribution in [3.8, 4) is 0 Å². The molecule has 0 saturated heterocycles. The minimum absolute atomic E-state index is 0.250. The molecule has 0 fully saturated rings. The summed E-state index contributed by atoms with van der Waals surface area (Å²) in [5.74, 6) is -1.11. The van der Waals surface area contributed by atoms with Gasteiger partial charge in [0.05, 0.1) is 5.97 Å². The first-order valence-electron chi connectivity index (χ1n) is 5.27. The van der Waals surface area contributed by atoms with Crippen molar-refractivity contribution in [3.05, 3.63) is 36.0 Å². The summed E-state index contributed by atoms with van der Waals surface area (Å²) in [6.07, 6.45) is 2.22. The van der Waals surface area contributed by atoms with Gasteiger partial charge >= 0.3 is 0 Å². The van der Waals surface area contributed by atoms with Crippen LogP contribution in [-0.2, 0) is 16.0 Å². The maximum Gasteiger partial charge on any atom is 0.290 e. The number of nitrogens with one attached hydrogen (secondary N) is 1. The molecule has 2 aromatic rings. The number of carboxylic acid groups (broad SMARTS) is 2. The molecule has 0 aliphatic carbocycles. The monoisotopic (exact) mass is 250 g/mol. The number of aliphatic carboxylic acids is 1. The summed E-state index contributed by atoms with van der Waals surface area (Å²) in [6.45, 7) is -0.250. The van der Waals surface area contributed by atoms with E-state index in [1.165, 1.54) is 0 Å². The van der Waals surface area contributed by atoms with E-state index < -0.39 is 12.0 Å². The molecule has 96 valence electrons. The van der Waals surface area contributed by atoms with Gasteiger partial charge in [0, 0.05) is 23.5 Å². The number of para-hydroxylation sites is 1. The molecule has 0 bridgehead atoms. The Balaban J connectivity index is 0.000000492. The van der Waals surface area contributed by atoms with Gasteiger partial charge in [0.15, 0.2) is 0 Å². The number of carbonyl (C=O) groups is 2. The van der Waals surface area contributed by atoms with Crippen LogP contribution in [0.3, 0.4) is 0 Å². The Labute approximate surface area is 103 Å². The average Bonchev–Trinajstić information content (AvgIpc) is 2.74. The van der Waals surface area contributed by atoms with Gasteiger partial charge in [-0.05, 0) is 11.6 Å². The maximum atomic E-state index is 10.6. The molecule has 0 saturated carbocycles. The fourth-order valence-corrected chi connectivity index (χ4v) is 1.65. The van der Waals surface area contributed by atoms with Gasteiger partial charge < -0.3 is 25.7 Å². The number of H-pyrrole nitrogens is 1. The summed E-state index contributed by atoms with van der Waals surface area (Å²) in [6, 6.07) is 7.07. The largest absolute Gasteiger partial charge is 0.544 e. The lowest BCUT2D eigenvalue weighted by Gasteiger charge is -2.07. The highest BCUT2D eigenvalue weighted by Crippen LogP contribution is 2.18. The van der Waals surface area contributed by atoms with Crippen molar-refractivity contribution in [1.29, 1.82) is 0 Å². The van der Waals surface area contributed by atoms with Crippen LogP contribution in [0.4, 0.5) is 0 Å². The molecule has 1 heterocycles. The average molecular weight is 250 g/mol. The molecule has 0 aliphatic rings. The van der Waals surface area contributed by atoms with Crippen LogP contribution in [-0.4, -0.2) is 28.6 Å². The fraction of sp³-hybridized carbons (Fsp3) is 0.167. The molecule has 0 amide bonds. The second-order valence-electron chi connectivity index (χ2n) is 3.68. The molecule has 1 atom stereocenters. The number of carboxylic acids is 1. The highest BCUT2D eigenvalue weighted by molar-refractivity contribution is 5.83. The lowest BCUT2D eigenvalue weighted by molar-refractivity contribution is -0.436. The van der Waals surface area contributed by atoms with Gasteiger partial charge in [-0.3, -0.25) is 4.79 Å². The lowest BCUT2D eigenvalue weighted by atomic mass is 10.1. The van der Waals surface area contributed by atoms with Gasteiger partial charge in [-0.2, -0.15) is 0 Å². The lowest BCUT2D eigenvalue weighted by Crippen LogP contribution is -2.69. The number of benzene rings is 1. The van der Waals surface area contributed by atoms with E-state index in [9.17, 15) is 9.90 Å². The Morgan fingerprint density at radius 1 is 1.50 bits per heavy atom. The van der Waals surface area contributed by atoms with Crippen LogP contribution in [0.2, 0.25) is 0 Å². The van der Waals surface area contributed by atoms with Crippen molar-refractivity contribution in [3.63, 3.8) is 0 Å². The zero-order chi connectivity index (χ0) is 13.5. The van der Waals surface area contributed by atoms with Crippen molar-refractivity contribution in [2.24, 2.45) is 0 Å². The number of hydrogen-bond donors (Lipinski definition) is 3. The van der Waals surface area contributed by atoms with Crippen LogP contribution in [0.15, 0.2) is 30.5 Å². The van der Waals surface area contributed by atoms with E-state index in [-0.39, 0.29) is 6.47 Å². The van der Waals surface area contributed by atoms with Crippen LogP contribution in [0.25, 0.3) is 10.9 Å². The molecule has 6 heteroatoms. The molecule has 0 aliphatic heterocycles. The van der Waals surface area contributed by atoms with Crippen molar-refractivity contribution >= 4 is 23.3 Å². The number of carbonyl (C=O) groups excluding carboxylic acids is 1. The first-order chi connectivity index (χ1) is 8.60. The Kier molecular flexibility index (Phi) is 4.89. The van der Waals surface area contributed by atoms with Crippen molar-refractivity contribution < 1.29 is 25.5 Å². The Hall–Kier alpha value is -2.34. The fourth-order valence-electron chi connectivity index (χ4n) is 1.65. The zero-order valence-corrected chi connectivity index (χ0v) is 9.63. The number of aromatic nitrogens is 1. The number of rotatable bonds is 3. The quantitative estimate of drug-likeness (QED) is 0.590. The highest BCUT2D eigenvalue weighted by atomic mass is 16.4. The first-order valence-corrected chi connectivity index (χ1v) is 5.27. The smallest absolute Gasteiger partial charge is 0.290 e. The van der Waals surface area contributed by atoms with Gasteiger partial charge in [-0.15, -0.1) is 0 Å². The number of hydrogen-bond acceptors (Lipinski definition) is 3. The van der Waals surface area contributed by atoms with Crippen LogP contribution >= 0.6 is 0 Å². The standard InChI is InChI=1S/C11H12N2O2.CH2O2/c12-9(11(14)15)5-7-6-13-10-4-2-1-3-8(7)10;2-1-3/h1-4,6,9,13H,5,12H2,(H,14,15);1H,(H,2,3)/t9-;/m0./s1. The Bertz CT molecular complexity index is 536. The second-order valence-corrected chi connectivity index (χ2v) is 3.68. The molecule has 1 aromatic heterocycles. The minimum atomic E-state index is -1.11. The van der Waals surface area contributed by atoms with E-state index in [4.69, 9.17) is 9.90 Å². The predicted molar refractivity (Wildman–Crippen MR) is 62.4 cm³/mol. The summed E-state index contributed by atoms with van der Waals surface area (Å²) in [5.41, 5.74) is 5.52. The van der Waals surface area contributed by atoms with Crippen LogP contribution in [0.5, 0.6) is 0 Å². The molecule has 0 radical (unpaired) electrons. The van der Waals surface area contributed by atoms with Crippen molar-refractivity contribution in [2.45, 2.75) is 12.5 Å². The highest BCUT2D eigenvalue weighted by Gasteiger charge is 2.11. The van der Waals surface area contributed by atoms with Crippen LogP contribution in [0.1, 0.15) is 5.56 Å². The van der Waals surface area contributed by atoms with Crippen LogP contribution in [0, 0.1) is 0 Å². The van der Waals surface area contributed by atoms with Gasteiger partial charge in [0.25, 0.3) is 6.47 Å². The van der Waals surface area contributed by atoms with E-state index >= 15 is 0 Å². The van der Waals surface area contributed by atoms with E-state index in [1.807, 2.05) is 30.5 Å². The Morgan fingerprint density at radius 3 is 2.72 bits per heavy atom. The Morgan fingerprint density at radius 2 is 2.11 bits per heavy atom. The van der Waals surface area contributed by atoms with Crippen molar-refractivity contribution in [2.75, 3.05) is 0 Å². The molecular weight excluding hydrogens is 236 g/mol. The molecule has 0 spiro atoms. The van der Waals surface area contributed by atoms with Crippen molar-refractivity contribution in [1.82, 2.24) is 4.98 Å². The maximum absolute atomic E-state index is 10.6. The SMILES string of the molecule is O=CO.[NH3+][C@@H](Cc1c[nH]c2ccccc12)C(=O)[O-]. The molecule has 18 heavy (non-hydrogen) atoms. The molecule has 2 rings (SSSR count). The van der Waals surface area contributed by atoms with E-state index in [0.29, 0.717) is 6.42 Å². The van der Waals surface area contributed by atoms with E-state index in [2.05, 4.69) is 10.7 Å². The molecule has 6 nitrogen and oxygen atoms in total. The van der Waals surface area contributed by atoms with Gasteiger partial charge in [0.2, 0.25) is 0 Å². The third-order valence-corrected chi connectivity index (χ3v) is 2.47.